The highest BCUT2D eigenvalue weighted by atomic mass is 32.1. The lowest BCUT2D eigenvalue weighted by atomic mass is 9.92. The van der Waals surface area contributed by atoms with Crippen molar-refractivity contribution in [2.24, 2.45) is 0 Å². The van der Waals surface area contributed by atoms with Crippen LogP contribution in [0.2, 0.25) is 0 Å². The third-order valence-corrected chi connectivity index (χ3v) is 7.13. The van der Waals surface area contributed by atoms with Crippen LogP contribution in [0.1, 0.15) is 38.0 Å². The molecule has 2 heterocycles. The lowest BCUT2D eigenvalue weighted by Gasteiger charge is -2.26. The van der Waals surface area contributed by atoms with Crippen LogP contribution in [0.4, 0.5) is 10.7 Å². The van der Waals surface area contributed by atoms with E-state index in [1.807, 2.05) is 61.6 Å². The van der Waals surface area contributed by atoms with Crippen molar-refractivity contribution in [3.05, 3.63) is 93.9 Å². The number of hydrogen-bond donors (Lipinski definition) is 3. The van der Waals surface area contributed by atoms with E-state index in [4.69, 9.17) is 0 Å². The molecule has 3 N–H and O–H groups in total. The molecule has 1 aromatic heterocycles. The average molecular weight is 439 g/mol. The molecule has 158 valence electrons. The van der Waals surface area contributed by atoms with Gasteiger partial charge in [-0.3, -0.25) is 4.79 Å². The third kappa shape index (κ3) is 3.52. The molecule has 4 aromatic rings. The van der Waals surface area contributed by atoms with Gasteiger partial charge >= 0.3 is 0 Å². The number of fused-ring (bicyclic) bond motifs is 2. The second kappa shape index (κ2) is 8.46. The highest BCUT2D eigenvalue weighted by Gasteiger charge is 2.28. The number of benzene rings is 3. The van der Waals surface area contributed by atoms with Crippen LogP contribution in [0.25, 0.3) is 10.8 Å². The summed E-state index contributed by atoms with van der Waals surface area (Å²) in [4.78, 5) is 14.2. The Bertz CT molecular complexity index is 1360. The van der Waals surface area contributed by atoms with Crippen molar-refractivity contribution in [3.63, 3.8) is 0 Å². The minimum absolute atomic E-state index is 0.106. The molecule has 1 atom stereocenters. The van der Waals surface area contributed by atoms with Crippen molar-refractivity contribution < 1.29 is 4.79 Å². The minimum Gasteiger partial charge on any atom is -0.388 e. The predicted molar refractivity (Wildman–Crippen MR) is 130 cm³/mol. The summed E-state index contributed by atoms with van der Waals surface area (Å²) >= 11 is 1.49. The number of para-hydroxylation sites is 1. The molecule has 0 spiro atoms. The first-order chi connectivity index (χ1) is 15.7. The summed E-state index contributed by atoms with van der Waals surface area (Å²) in [5, 5.41) is 22.3. The van der Waals surface area contributed by atoms with Crippen molar-refractivity contribution in [2.75, 3.05) is 17.7 Å². The topological polar surface area (TPSA) is 76.9 Å². The number of hydrogen-bond acceptors (Lipinski definition) is 5. The Labute approximate surface area is 190 Å². The molecule has 0 radical (unpaired) electrons. The van der Waals surface area contributed by atoms with Crippen LogP contribution in [0, 0.1) is 11.3 Å². The maximum absolute atomic E-state index is 13.1. The van der Waals surface area contributed by atoms with E-state index in [0.717, 1.165) is 26.9 Å². The van der Waals surface area contributed by atoms with Gasteiger partial charge in [0.1, 0.15) is 11.1 Å². The highest BCUT2D eigenvalue weighted by molar-refractivity contribution is 7.16. The monoisotopic (exact) mass is 438 g/mol. The van der Waals surface area contributed by atoms with Gasteiger partial charge in [0.15, 0.2) is 0 Å². The zero-order valence-electron chi connectivity index (χ0n) is 17.6. The van der Waals surface area contributed by atoms with E-state index in [-0.39, 0.29) is 11.9 Å². The van der Waals surface area contributed by atoms with Crippen LogP contribution < -0.4 is 16.0 Å². The molecule has 0 aliphatic carbocycles. The average Bonchev–Trinajstić information content (AvgIpc) is 3.19. The van der Waals surface area contributed by atoms with Crippen LogP contribution >= 0.6 is 11.3 Å². The van der Waals surface area contributed by atoms with Gasteiger partial charge in [0.25, 0.3) is 5.91 Å². The van der Waals surface area contributed by atoms with Gasteiger partial charge in [-0.2, -0.15) is 5.26 Å². The number of rotatable bonds is 4. The number of anilines is 2. The zero-order valence-corrected chi connectivity index (χ0v) is 18.4. The number of carbonyl (C=O) groups is 1. The van der Waals surface area contributed by atoms with Crippen molar-refractivity contribution in [3.8, 4) is 6.07 Å². The molecule has 0 fully saturated rings. The summed E-state index contributed by atoms with van der Waals surface area (Å²) in [5.74, 6) is -0.193. The number of nitriles is 1. The molecule has 3 aromatic carbocycles. The molecular formula is C26H22N4OS. The zero-order chi connectivity index (χ0) is 22.1. The number of nitrogens with one attached hydrogen (secondary N) is 3. The standard InChI is InChI=1S/C26H22N4OS/c1-28-22-12-5-4-10-19(22)23-13-20-21(14-27)26(32-24(20)15-29-23)30-25(31)18-11-6-8-16-7-2-3-9-17(16)18/h2-12,23,28-29H,13,15H2,1H3,(H,30,31). The van der Waals surface area contributed by atoms with Crippen molar-refractivity contribution in [1.82, 2.24) is 5.32 Å². The molecule has 0 bridgehead atoms. The second-order valence-electron chi connectivity index (χ2n) is 7.78. The van der Waals surface area contributed by atoms with E-state index in [9.17, 15) is 10.1 Å². The lowest BCUT2D eigenvalue weighted by Crippen LogP contribution is -2.28. The largest absolute Gasteiger partial charge is 0.388 e. The summed E-state index contributed by atoms with van der Waals surface area (Å²) in [6, 6.07) is 24.2. The van der Waals surface area contributed by atoms with Crippen LogP contribution in [-0.4, -0.2) is 13.0 Å². The van der Waals surface area contributed by atoms with Gasteiger partial charge in [-0.25, -0.2) is 0 Å². The Morgan fingerprint density at radius 2 is 1.88 bits per heavy atom. The van der Waals surface area contributed by atoms with Crippen molar-refractivity contribution in [2.45, 2.75) is 19.0 Å². The first-order valence-corrected chi connectivity index (χ1v) is 11.3. The normalized spacial score (nSPS) is 15.1. The van der Waals surface area contributed by atoms with Gasteiger partial charge in [-0.05, 0) is 40.5 Å². The molecule has 1 aliphatic heterocycles. The predicted octanol–water partition coefficient (Wildman–Crippen LogP) is 5.45. The molecule has 1 aliphatic rings. The molecule has 1 amide bonds. The Morgan fingerprint density at radius 1 is 1.09 bits per heavy atom. The Hall–Kier alpha value is -3.66. The Kier molecular flexibility index (Phi) is 5.36. The molecule has 5 rings (SSSR count). The van der Waals surface area contributed by atoms with Crippen LogP contribution in [0.3, 0.4) is 0 Å². The summed E-state index contributed by atoms with van der Waals surface area (Å²) in [6.07, 6.45) is 0.706. The van der Waals surface area contributed by atoms with Gasteiger partial charge in [0.2, 0.25) is 0 Å². The molecule has 6 heteroatoms. The molecule has 32 heavy (non-hydrogen) atoms. The number of amides is 1. The van der Waals surface area contributed by atoms with E-state index in [1.165, 1.54) is 16.9 Å². The van der Waals surface area contributed by atoms with Crippen LogP contribution in [0.15, 0.2) is 66.7 Å². The van der Waals surface area contributed by atoms with E-state index in [2.05, 4.69) is 34.2 Å². The smallest absolute Gasteiger partial charge is 0.256 e. The molecule has 0 saturated heterocycles. The molecule has 0 saturated carbocycles. The maximum atomic E-state index is 13.1. The summed E-state index contributed by atoms with van der Waals surface area (Å²) in [5.41, 5.74) is 4.47. The summed E-state index contributed by atoms with van der Waals surface area (Å²) in [6.45, 7) is 0.668. The lowest BCUT2D eigenvalue weighted by molar-refractivity contribution is 0.102. The SMILES string of the molecule is CNc1ccccc1C1Cc2c(sc(NC(=O)c3cccc4ccccc34)c2C#N)CN1. The fourth-order valence-corrected chi connectivity index (χ4v) is 5.54. The van der Waals surface area contributed by atoms with Gasteiger partial charge in [0.05, 0.1) is 5.56 Å². The van der Waals surface area contributed by atoms with Crippen LogP contribution in [0.5, 0.6) is 0 Å². The molecular weight excluding hydrogens is 416 g/mol. The fraction of sp³-hybridized carbons (Fsp3) is 0.154. The van der Waals surface area contributed by atoms with Gasteiger partial charge in [0, 0.05) is 35.8 Å². The number of nitrogens with zero attached hydrogens (tertiary/aromatic N) is 1. The van der Waals surface area contributed by atoms with E-state index < -0.39 is 0 Å². The first kappa shape index (κ1) is 20.3. The third-order valence-electron chi connectivity index (χ3n) is 5.99. The summed E-state index contributed by atoms with van der Waals surface area (Å²) in [7, 11) is 1.92. The number of thiophene rings is 1. The summed E-state index contributed by atoms with van der Waals surface area (Å²) < 4.78 is 0. The van der Waals surface area contributed by atoms with Gasteiger partial charge < -0.3 is 16.0 Å². The van der Waals surface area contributed by atoms with Crippen molar-refractivity contribution >= 4 is 38.7 Å². The quantitative estimate of drug-likeness (QED) is 0.396. The first-order valence-electron chi connectivity index (χ1n) is 10.5. The second-order valence-corrected chi connectivity index (χ2v) is 8.88. The molecule has 1 unspecified atom stereocenters. The Balaban J connectivity index is 1.46. The maximum Gasteiger partial charge on any atom is 0.256 e. The van der Waals surface area contributed by atoms with Crippen LogP contribution in [-0.2, 0) is 13.0 Å². The van der Waals surface area contributed by atoms with Crippen molar-refractivity contribution in [1.29, 1.82) is 5.26 Å². The minimum atomic E-state index is -0.193. The number of carbonyl (C=O) groups excluding carboxylic acids is 1. The van der Waals surface area contributed by atoms with Gasteiger partial charge in [-0.1, -0.05) is 54.6 Å². The Morgan fingerprint density at radius 3 is 2.72 bits per heavy atom. The van der Waals surface area contributed by atoms with E-state index in [0.29, 0.717) is 29.1 Å². The van der Waals surface area contributed by atoms with E-state index in [1.54, 1.807) is 0 Å². The van der Waals surface area contributed by atoms with Gasteiger partial charge in [-0.15, -0.1) is 11.3 Å². The highest BCUT2D eigenvalue weighted by Crippen LogP contribution is 2.40. The fourth-order valence-electron chi connectivity index (χ4n) is 4.41. The molecule has 5 nitrogen and oxygen atoms in total. The van der Waals surface area contributed by atoms with E-state index >= 15 is 0 Å².